The molecular weight excluding hydrogens is 174 g/mol. The van der Waals surface area contributed by atoms with E-state index in [4.69, 9.17) is 4.74 Å². The Morgan fingerprint density at radius 1 is 1.21 bits per heavy atom. The van der Waals surface area contributed by atoms with Gasteiger partial charge in [0.1, 0.15) is 0 Å². The van der Waals surface area contributed by atoms with Crippen molar-refractivity contribution in [3.8, 4) is 0 Å². The SMILES string of the molecule is CCNCCCOCc1ccccc1. The summed E-state index contributed by atoms with van der Waals surface area (Å²) in [4.78, 5) is 0. The Hall–Kier alpha value is -0.860. The standard InChI is InChI=1S/C12H19NO/c1-2-13-9-6-10-14-11-12-7-4-3-5-8-12/h3-5,7-8,13H,2,6,9-11H2,1H3. The van der Waals surface area contributed by atoms with Gasteiger partial charge in [-0.05, 0) is 25.1 Å². The Morgan fingerprint density at radius 2 is 2.00 bits per heavy atom. The lowest BCUT2D eigenvalue weighted by Gasteiger charge is -2.04. The van der Waals surface area contributed by atoms with Crippen LogP contribution in [0.4, 0.5) is 0 Å². The van der Waals surface area contributed by atoms with Gasteiger partial charge in [-0.2, -0.15) is 0 Å². The maximum atomic E-state index is 5.53. The van der Waals surface area contributed by atoms with E-state index >= 15 is 0 Å². The van der Waals surface area contributed by atoms with Crippen LogP contribution in [0.1, 0.15) is 18.9 Å². The van der Waals surface area contributed by atoms with Gasteiger partial charge < -0.3 is 10.1 Å². The van der Waals surface area contributed by atoms with E-state index < -0.39 is 0 Å². The van der Waals surface area contributed by atoms with E-state index in [0.29, 0.717) is 0 Å². The van der Waals surface area contributed by atoms with Crippen molar-refractivity contribution in [2.45, 2.75) is 20.0 Å². The molecule has 0 aliphatic heterocycles. The van der Waals surface area contributed by atoms with Crippen molar-refractivity contribution in [1.29, 1.82) is 0 Å². The number of rotatable bonds is 7. The quantitative estimate of drug-likeness (QED) is 0.670. The zero-order valence-corrected chi connectivity index (χ0v) is 8.83. The normalized spacial score (nSPS) is 10.4. The number of nitrogens with one attached hydrogen (secondary N) is 1. The molecule has 2 heteroatoms. The van der Waals surface area contributed by atoms with Crippen molar-refractivity contribution in [3.63, 3.8) is 0 Å². The van der Waals surface area contributed by atoms with Crippen LogP contribution in [0, 0.1) is 0 Å². The summed E-state index contributed by atoms with van der Waals surface area (Å²) in [6.45, 7) is 5.77. The average Bonchev–Trinajstić information content (AvgIpc) is 2.25. The summed E-state index contributed by atoms with van der Waals surface area (Å²) in [5.74, 6) is 0. The van der Waals surface area contributed by atoms with E-state index in [9.17, 15) is 0 Å². The first-order valence-electron chi connectivity index (χ1n) is 5.26. The molecule has 0 aliphatic carbocycles. The van der Waals surface area contributed by atoms with Crippen molar-refractivity contribution in [1.82, 2.24) is 5.32 Å². The molecule has 0 spiro atoms. The number of hydrogen-bond donors (Lipinski definition) is 1. The highest BCUT2D eigenvalue weighted by Gasteiger charge is 1.91. The minimum Gasteiger partial charge on any atom is -0.377 e. The van der Waals surface area contributed by atoms with Gasteiger partial charge in [0.15, 0.2) is 0 Å². The molecule has 0 atom stereocenters. The van der Waals surface area contributed by atoms with Gasteiger partial charge >= 0.3 is 0 Å². The molecular formula is C12H19NO. The van der Waals surface area contributed by atoms with Crippen LogP contribution >= 0.6 is 0 Å². The summed E-state index contributed by atoms with van der Waals surface area (Å²) in [7, 11) is 0. The van der Waals surface area contributed by atoms with Crippen molar-refractivity contribution in [2.24, 2.45) is 0 Å². The van der Waals surface area contributed by atoms with E-state index in [1.165, 1.54) is 5.56 Å². The number of benzene rings is 1. The molecule has 0 heterocycles. The van der Waals surface area contributed by atoms with Crippen molar-refractivity contribution >= 4 is 0 Å². The third kappa shape index (κ3) is 5.00. The third-order valence-corrected chi connectivity index (χ3v) is 2.00. The van der Waals surface area contributed by atoms with Crippen LogP contribution in [0.2, 0.25) is 0 Å². The lowest BCUT2D eigenvalue weighted by Crippen LogP contribution is -2.15. The molecule has 0 saturated carbocycles. The molecule has 14 heavy (non-hydrogen) atoms. The molecule has 78 valence electrons. The maximum Gasteiger partial charge on any atom is 0.0716 e. The molecule has 1 aromatic rings. The molecule has 0 aliphatic rings. The first-order chi connectivity index (χ1) is 6.93. The smallest absolute Gasteiger partial charge is 0.0716 e. The zero-order chi connectivity index (χ0) is 10.1. The number of ether oxygens (including phenoxy) is 1. The minimum atomic E-state index is 0.729. The van der Waals surface area contributed by atoms with Gasteiger partial charge in [-0.3, -0.25) is 0 Å². The molecule has 0 bridgehead atoms. The summed E-state index contributed by atoms with van der Waals surface area (Å²) in [6.07, 6.45) is 1.08. The van der Waals surface area contributed by atoms with E-state index in [0.717, 1.165) is 32.7 Å². The first-order valence-corrected chi connectivity index (χ1v) is 5.26. The maximum absolute atomic E-state index is 5.53. The second-order valence-electron chi connectivity index (χ2n) is 3.25. The van der Waals surface area contributed by atoms with Crippen LogP contribution < -0.4 is 5.32 Å². The summed E-state index contributed by atoms with van der Waals surface area (Å²) >= 11 is 0. The van der Waals surface area contributed by atoms with Crippen LogP contribution in [-0.2, 0) is 11.3 Å². The second kappa shape index (κ2) is 7.54. The molecule has 0 saturated heterocycles. The first kappa shape index (κ1) is 11.2. The summed E-state index contributed by atoms with van der Waals surface area (Å²) in [6, 6.07) is 10.3. The second-order valence-corrected chi connectivity index (χ2v) is 3.25. The topological polar surface area (TPSA) is 21.3 Å². The van der Waals surface area contributed by atoms with Crippen molar-refractivity contribution in [2.75, 3.05) is 19.7 Å². The highest BCUT2D eigenvalue weighted by molar-refractivity contribution is 5.13. The van der Waals surface area contributed by atoms with E-state index in [-0.39, 0.29) is 0 Å². The van der Waals surface area contributed by atoms with Gasteiger partial charge in [0.05, 0.1) is 6.61 Å². The Kier molecular flexibility index (Phi) is 6.04. The Morgan fingerprint density at radius 3 is 2.71 bits per heavy atom. The molecule has 0 aromatic heterocycles. The fourth-order valence-electron chi connectivity index (χ4n) is 1.24. The summed E-state index contributed by atoms with van der Waals surface area (Å²) in [5, 5.41) is 3.27. The van der Waals surface area contributed by atoms with Gasteiger partial charge in [-0.1, -0.05) is 37.3 Å². The average molecular weight is 193 g/mol. The molecule has 0 fully saturated rings. The zero-order valence-electron chi connectivity index (χ0n) is 8.83. The minimum absolute atomic E-state index is 0.729. The molecule has 1 N–H and O–H groups in total. The number of hydrogen-bond acceptors (Lipinski definition) is 2. The van der Waals surface area contributed by atoms with Crippen molar-refractivity contribution in [3.05, 3.63) is 35.9 Å². The van der Waals surface area contributed by atoms with E-state index in [1.54, 1.807) is 0 Å². The summed E-state index contributed by atoms with van der Waals surface area (Å²) < 4.78 is 5.53. The molecule has 2 nitrogen and oxygen atoms in total. The third-order valence-electron chi connectivity index (χ3n) is 2.00. The predicted molar refractivity (Wildman–Crippen MR) is 59.3 cm³/mol. The van der Waals surface area contributed by atoms with Gasteiger partial charge in [0.2, 0.25) is 0 Å². The fourth-order valence-corrected chi connectivity index (χ4v) is 1.24. The van der Waals surface area contributed by atoms with Crippen LogP contribution in [0.25, 0.3) is 0 Å². The van der Waals surface area contributed by atoms with Crippen LogP contribution in [0.15, 0.2) is 30.3 Å². The van der Waals surface area contributed by atoms with Crippen LogP contribution in [0.5, 0.6) is 0 Å². The fraction of sp³-hybridized carbons (Fsp3) is 0.500. The molecule has 0 unspecified atom stereocenters. The lowest BCUT2D eigenvalue weighted by atomic mass is 10.2. The molecule has 1 rings (SSSR count). The van der Waals surface area contributed by atoms with Crippen LogP contribution in [-0.4, -0.2) is 19.7 Å². The molecule has 0 radical (unpaired) electrons. The van der Waals surface area contributed by atoms with Gasteiger partial charge in [0, 0.05) is 6.61 Å². The van der Waals surface area contributed by atoms with Gasteiger partial charge in [0.25, 0.3) is 0 Å². The lowest BCUT2D eigenvalue weighted by molar-refractivity contribution is 0.118. The van der Waals surface area contributed by atoms with Gasteiger partial charge in [-0.15, -0.1) is 0 Å². The van der Waals surface area contributed by atoms with Gasteiger partial charge in [-0.25, -0.2) is 0 Å². The largest absolute Gasteiger partial charge is 0.377 e. The summed E-state index contributed by atoms with van der Waals surface area (Å²) in [5.41, 5.74) is 1.25. The van der Waals surface area contributed by atoms with Crippen molar-refractivity contribution < 1.29 is 4.74 Å². The molecule has 1 aromatic carbocycles. The Balaban J connectivity index is 1.99. The van der Waals surface area contributed by atoms with E-state index in [2.05, 4.69) is 24.4 Å². The molecule has 0 amide bonds. The Bertz CT molecular complexity index is 223. The monoisotopic (exact) mass is 193 g/mol. The highest BCUT2D eigenvalue weighted by Crippen LogP contribution is 2.00. The highest BCUT2D eigenvalue weighted by atomic mass is 16.5. The predicted octanol–water partition coefficient (Wildman–Crippen LogP) is 2.20. The van der Waals surface area contributed by atoms with E-state index in [1.807, 2.05) is 18.2 Å². The van der Waals surface area contributed by atoms with Crippen LogP contribution in [0.3, 0.4) is 0 Å². The Labute approximate surface area is 86.3 Å².